The van der Waals surface area contributed by atoms with Crippen LogP contribution in [0.5, 0.6) is 0 Å². The number of carbonyl (C=O) groups excluding carboxylic acids is 1. The van der Waals surface area contributed by atoms with E-state index in [0.717, 1.165) is 16.5 Å². The summed E-state index contributed by atoms with van der Waals surface area (Å²) in [4.78, 5) is 14.3. The fourth-order valence-electron chi connectivity index (χ4n) is 2.65. The number of rotatable bonds is 5. The van der Waals surface area contributed by atoms with Crippen molar-refractivity contribution in [1.29, 1.82) is 0 Å². The molecule has 0 radical (unpaired) electrons. The van der Waals surface area contributed by atoms with Crippen molar-refractivity contribution < 1.29 is 13.2 Å². The Morgan fingerprint density at radius 2 is 2.00 bits per heavy atom. The fraction of sp³-hybridized carbons (Fsp3) is 0.533. The van der Waals surface area contributed by atoms with Crippen LogP contribution in [-0.4, -0.2) is 43.3 Å². The van der Waals surface area contributed by atoms with E-state index in [2.05, 4.69) is 15.9 Å². The van der Waals surface area contributed by atoms with Crippen LogP contribution in [0.1, 0.15) is 25.3 Å². The third-order valence-electron chi connectivity index (χ3n) is 3.70. The first-order valence-electron chi connectivity index (χ1n) is 7.15. The van der Waals surface area contributed by atoms with Crippen molar-refractivity contribution in [2.75, 3.05) is 18.1 Å². The van der Waals surface area contributed by atoms with E-state index in [9.17, 15) is 13.2 Å². The molecule has 1 unspecified atom stereocenters. The van der Waals surface area contributed by atoms with Gasteiger partial charge in [-0.3, -0.25) is 4.79 Å². The van der Waals surface area contributed by atoms with Crippen LogP contribution in [-0.2, 0) is 21.1 Å². The molecule has 0 aromatic heterocycles. The molecule has 2 rings (SSSR count). The second-order valence-corrected chi connectivity index (χ2v) is 8.59. The van der Waals surface area contributed by atoms with Crippen LogP contribution in [0.2, 0.25) is 0 Å². The Kier molecular flexibility index (Phi) is 5.43. The van der Waals surface area contributed by atoms with Gasteiger partial charge in [-0.15, -0.1) is 0 Å². The molecule has 0 bridgehead atoms. The molecule has 4 nitrogen and oxygen atoms in total. The Morgan fingerprint density at radius 1 is 1.33 bits per heavy atom. The van der Waals surface area contributed by atoms with Gasteiger partial charge in [-0.2, -0.15) is 0 Å². The lowest BCUT2D eigenvalue weighted by atomic mass is 10.1. The summed E-state index contributed by atoms with van der Waals surface area (Å²) in [5, 5.41) is 0. The maximum atomic E-state index is 12.5. The third kappa shape index (κ3) is 4.54. The highest BCUT2D eigenvalue weighted by molar-refractivity contribution is 9.10. The molecule has 116 valence electrons. The number of hydrogen-bond donors (Lipinski definition) is 0. The molecule has 21 heavy (non-hydrogen) atoms. The molecule has 1 aromatic carbocycles. The Morgan fingerprint density at radius 3 is 2.52 bits per heavy atom. The maximum Gasteiger partial charge on any atom is 0.227 e. The van der Waals surface area contributed by atoms with Crippen LogP contribution in [0.3, 0.4) is 0 Å². The molecular weight excluding hydrogens is 354 g/mol. The summed E-state index contributed by atoms with van der Waals surface area (Å²) >= 11 is 3.37. The minimum Gasteiger partial charge on any atom is -0.338 e. The number of benzene rings is 1. The number of carbonyl (C=O) groups is 1. The largest absolute Gasteiger partial charge is 0.338 e. The Balaban J connectivity index is 2.07. The third-order valence-corrected chi connectivity index (χ3v) is 5.98. The highest BCUT2D eigenvalue weighted by Gasteiger charge is 2.34. The molecule has 1 saturated heterocycles. The van der Waals surface area contributed by atoms with Gasteiger partial charge in [-0.25, -0.2) is 8.42 Å². The van der Waals surface area contributed by atoms with Crippen molar-refractivity contribution in [2.24, 2.45) is 0 Å². The van der Waals surface area contributed by atoms with Gasteiger partial charge in [-0.05, 0) is 30.5 Å². The summed E-state index contributed by atoms with van der Waals surface area (Å²) in [6.07, 6.45) is 1.72. The highest BCUT2D eigenvalue weighted by Crippen LogP contribution is 2.20. The van der Waals surface area contributed by atoms with Crippen LogP contribution >= 0.6 is 15.9 Å². The standard InChI is InChI=1S/C15H20BrNO3S/c1-2-8-17(14-7-9-21(19,20)11-14)15(18)10-12-3-5-13(16)6-4-12/h3-6,14H,2,7-11H2,1H3. The average Bonchev–Trinajstić information content (AvgIpc) is 2.78. The smallest absolute Gasteiger partial charge is 0.227 e. The van der Waals surface area contributed by atoms with Crippen molar-refractivity contribution in [2.45, 2.75) is 32.2 Å². The van der Waals surface area contributed by atoms with Gasteiger partial charge in [0.2, 0.25) is 5.91 Å². The number of amides is 1. The molecule has 1 amide bonds. The first kappa shape index (κ1) is 16.5. The lowest BCUT2D eigenvalue weighted by Gasteiger charge is -2.28. The molecule has 1 atom stereocenters. The van der Waals surface area contributed by atoms with Crippen molar-refractivity contribution in [1.82, 2.24) is 4.90 Å². The van der Waals surface area contributed by atoms with Gasteiger partial charge in [0, 0.05) is 17.1 Å². The summed E-state index contributed by atoms with van der Waals surface area (Å²) in [5.74, 6) is 0.323. The number of halogens is 1. The second-order valence-electron chi connectivity index (χ2n) is 5.45. The summed E-state index contributed by atoms with van der Waals surface area (Å²) in [7, 11) is -2.97. The Labute approximate surface area is 134 Å². The van der Waals surface area contributed by atoms with Gasteiger partial charge in [0.05, 0.1) is 17.9 Å². The molecule has 1 fully saturated rings. The number of sulfone groups is 1. The predicted molar refractivity (Wildman–Crippen MR) is 86.9 cm³/mol. The minimum absolute atomic E-state index is 0.0151. The van der Waals surface area contributed by atoms with Gasteiger partial charge in [-0.1, -0.05) is 35.0 Å². The molecule has 0 aliphatic carbocycles. The molecule has 1 aliphatic heterocycles. The van der Waals surface area contributed by atoms with Gasteiger partial charge >= 0.3 is 0 Å². The van der Waals surface area contributed by atoms with Crippen LogP contribution in [0, 0.1) is 0 Å². The van der Waals surface area contributed by atoms with E-state index >= 15 is 0 Å². The molecule has 0 N–H and O–H groups in total. The number of nitrogens with zero attached hydrogens (tertiary/aromatic N) is 1. The molecule has 1 aliphatic rings. The first-order valence-corrected chi connectivity index (χ1v) is 9.77. The molecule has 6 heteroatoms. The molecule has 1 aromatic rings. The van der Waals surface area contributed by atoms with E-state index in [1.165, 1.54) is 0 Å². The topological polar surface area (TPSA) is 54.5 Å². The zero-order valence-electron chi connectivity index (χ0n) is 12.1. The van der Waals surface area contributed by atoms with Crippen molar-refractivity contribution in [3.63, 3.8) is 0 Å². The Hall–Kier alpha value is -0.880. The van der Waals surface area contributed by atoms with E-state index in [0.29, 0.717) is 19.4 Å². The minimum atomic E-state index is -2.97. The van der Waals surface area contributed by atoms with Gasteiger partial charge < -0.3 is 4.90 Å². The second kappa shape index (κ2) is 6.92. The first-order chi connectivity index (χ1) is 9.91. The normalized spacial score (nSPS) is 20.4. The predicted octanol–water partition coefficient (Wildman–Crippen LogP) is 2.42. The van der Waals surface area contributed by atoms with Crippen molar-refractivity contribution in [3.05, 3.63) is 34.3 Å². The zero-order valence-corrected chi connectivity index (χ0v) is 14.5. The van der Waals surface area contributed by atoms with Crippen LogP contribution < -0.4 is 0 Å². The van der Waals surface area contributed by atoms with Crippen molar-refractivity contribution >= 4 is 31.7 Å². The lowest BCUT2D eigenvalue weighted by molar-refractivity contribution is -0.132. The van der Waals surface area contributed by atoms with E-state index in [-0.39, 0.29) is 23.5 Å². The van der Waals surface area contributed by atoms with E-state index < -0.39 is 9.84 Å². The zero-order chi connectivity index (χ0) is 15.5. The summed E-state index contributed by atoms with van der Waals surface area (Å²) < 4.78 is 24.2. The molecule has 1 heterocycles. The summed E-state index contributed by atoms with van der Waals surface area (Å²) in [6.45, 7) is 2.62. The van der Waals surface area contributed by atoms with Crippen molar-refractivity contribution in [3.8, 4) is 0 Å². The maximum absolute atomic E-state index is 12.5. The number of hydrogen-bond acceptors (Lipinski definition) is 3. The van der Waals surface area contributed by atoms with E-state index in [1.807, 2.05) is 31.2 Å². The van der Waals surface area contributed by atoms with E-state index in [4.69, 9.17) is 0 Å². The summed E-state index contributed by atoms with van der Waals surface area (Å²) in [5.41, 5.74) is 0.949. The van der Waals surface area contributed by atoms with Crippen LogP contribution in [0.25, 0.3) is 0 Å². The molecule has 0 spiro atoms. The Bertz CT molecular complexity index is 598. The average molecular weight is 374 g/mol. The van der Waals surface area contributed by atoms with E-state index in [1.54, 1.807) is 4.90 Å². The van der Waals surface area contributed by atoms with Gasteiger partial charge in [0.15, 0.2) is 9.84 Å². The SMILES string of the molecule is CCCN(C(=O)Cc1ccc(Br)cc1)C1CCS(=O)(=O)C1. The quantitative estimate of drug-likeness (QED) is 0.796. The summed E-state index contributed by atoms with van der Waals surface area (Å²) in [6, 6.07) is 7.49. The fourth-order valence-corrected chi connectivity index (χ4v) is 4.65. The monoisotopic (exact) mass is 373 g/mol. The lowest BCUT2D eigenvalue weighted by Crippen LogP contribution is -2.42. The molecular formula is C15H20BrNO3S. The van der Waals surface area contributed by atoms with Crippen LogP contribution in [0.15, 0.2) is 28.7 Å². The van der Waals surface area contributed by atoms with Gasteiger partial charge in [0.1, 0.15) is 0 Å². The highest BCUT2D eigenvalue weighted by atomic mass is 79.9. The van der Waals surface area contributed by atoms with Crippen LogP contribution in [0.4, 0.5) is 0 Å². The van der Waals surface area contributed by atoms with Gasteiger partial charge in [0.25, 0.3) is 0 Å². The molecule has 0 saturated carbocycles.